The quantitative estimate of drug-likeness (QED) is 0.886. The number of aromatic carboxylic acids is 1. The van der Waals surface area contributed by atoms with Crippen LogP contribution in [0, 0.1) is 0 Å². The second-order valence-corrected chi connectivity index (χ2v) is 4.93. The molecule has 0 bridgehead atoms. The van der Waals surface area contributed by atoms with Gasteiger partial charge in [-0.05, 0) is 17.2 Å². The molecule has 1 N–H and O–H groups in total. The Kier molecular flexibility index (Phi) is 4.42. The highest BCUT2D eigenvalue weighted by atomic mass is 32.2. The summed E-state index contributed by atoms with van der Waals surface area (Å²) in [6.07, 6.45) is 0. The van der Waals surface area contributed by atoms with Crippen LogP contribution in [0.5, 0.6) is 0 Å². The molecule has 92 valence electrons. The SMILES string of the molecule is O=C(O)c1ccccc1CSCc1ccccc1. The summed E-state index contributed by atoms with van der Waals surface area (Å²) >= 11 is 1.73. The second-order valence-electron chi connectivity index (χ2n) is 3.94. The van der Waals surface area contributed by atoms with Crippen molar-refractivity contribution in [2.24, 2.45) is 0 Å². The zero-order chi connectivity index (χ0) is 12.8. The van der Waals surface area contributed by atoms with E-state index in [0.29, 0.717) is 5.56 Å². The van der Waals surface area contributed by atoms with Gasteiger partial charge < -0.3 is 5.11 Å². The molecule has 0 radical (unpaired) electrons. The Balaban J connectivity index is 1.97. The lowest BCUT2D eigenvalue weighted by Crippen LogP contribution is -2.00. The predicted octanol–water partition coefficient (Wildman–Crippen LogP) is 3.82. The molecule has 0 atom stereocenters. The Morgan fingerprint density at radius 3 is 2.33 bits per heavy atom. The molecule has 0 heterocycles. The zero-order valence-electron chi connectivity index (χ0n) is 9.87. The third-order valence-corrected chi connectivity index (χ3v) is 3.67. The first kappa shape index (κ1) is 12.7. The average molecular weight is 258 g/mol. The Hall–Kier alpha value is -1.74. The van der Waals surface area contributed by atoms with E-state index in [-0.39, 0.29) is 0 Å². The Labute approximate surface area is 111 Å². The molecule has 18 heavy (non-hydrogen) atoms. The van der Waals surface area contributed by atoms with Crippen LogP contribution in [0.15, 0.2) is 54.6 Å². The largest absolute Gasteiger partial charge is 0.478 e. The van der Waals surface area contributed by atoms with E-state index in [1.54, 1.807) is 23.9 Å². The maximum atomic E-state index is 11.0. The smallest absolute Gasteiger partial charge is 0.335 e. The van der Waals surface area contributed by atoms with Gasteiger partial charge in [0.25, 0.3) is 0 Å². The lowest BCUT2D eigenvalue weighted by molar-refractivity contribution is 0.0696. The number of benzene rings is 2. The first-order chi connectivity index (χ1) is 8.77. The zero-order valence-corrected chi connectivity index (χ0v) is 10.7. The molecule has 2 rings (SSSR count). The lowest BCUT2D eigenvalue weighted by atomic mass is 10.1. The van der Waals surface area contributed by atoms with E-state index < -0.39 is 5.97 Å². The molecule has 2 nitrogen and oxygen atoms in total. The van der Waals surface area contributed by atoms with E-state index in [0.717, 1.165) is 17.1 Å². The van der Waals surface area contributed by atoms with Crippen molar-refractivity contribution in [1.82, 2.24) is 0 Å². The highest BCUT2D eigenvalue weighted by Crippen LogP contribution is 2.20. The van der Waals surface area contributed by atoms with Gasteiger partial charge in [0.15, 0.2) is 0 Å². The van der Waals surface area contributed by atoms with Crippen molar-refractivity contribution in [1.29, 1.82) is 0 Å². The summed E-state index contributed by atoms with van der Waals surface area (Å²) in [5, 5.41) is 9.07. The highest BCUT2D eigenvalue weighted by Gasteiger charge is 2.08. The van der Waals surface area contributed by atoms with Crippen molar-refractivity contribution < 1.29 is 9.90 Å². The maximum Gasteiger partial charge on any atom is 0.335 e. The topological polar surface area (TPSA) is 37.3 Å². The third-order valence-electron chi connectivity index (χ3n) is 2.62. The van der Waals surface area contributed by atoms with Crippen molar-refractivity contribution in [3.63, 3.8) is 0 Å². The molecule has 0 unspecified atom stereocenters. The van der Waals surface area contributed by atoms with Crippen LogP contribution in [-0.4, -0.2) is 11.1 Å². The third kappa shape index (κ3) is 3.37. The Morgan fingerprint density at radius 1 is 0.944 bits per heavy atom. The van der Waals surface area contributed by atoms with E-state index in [2.05, 4.69) is 12.1 Å². The number of carboxylic acids is 1. The van der Waals surface area contributed by atoms with Crippen LogP contribution in [0.25, 0.3) is 0 Å². The molecule has 2 aromatic carbocycles. The molecule has 3 heteroatoms. The normalized spacial score (nSPS) is 10.2. The summed E-state index contributed by atoms with van der Waals surface area (Å²) in [7, 11) is 0. The highest BCUT2D eigenvalue weighted by molar-refractivity contribution is 7.97. The molecule has 0 aliphatic carbocycles. The number of carbonyl (C=O) groups is 1. The van der Waals surface area contributed by atoms with Gasteiger partial charge in [-0.2, -0.15) is 11.8 Å². The molecule has 0 saturated carbocycles. The van der Waals surface area contributed by atoms with Gasteiger partial charge in [-0.15, -0.1) is 0 Å². The average Bonchev–Trinajstić information content (AvgIpc) is 2.40. The summed E-state index contributed by atoms with van der Waals surface area (Å²) in [5.74, 6) is 0.762. The predicted molar refractivity (Wildman–Crippen MR) is 74.8 cm³/mol. The van der Waals surface area contributed by atoms with Gasteiger partial charge in [-0.25, -0.2) is 4.79 Å². The maximum absolute atomic E-state index is 11.0. The van der Waals surface area contributed by atoms with E-state index in [4.69, 9.17) is 5.11 Å². The minimum absolute atomic E-state index is 0.401. The molecular formula is C15H14O2S. The summed E-state index contributed by atoms with van der Waals surface area (Å²) in [6, 6.07) is 17.4. The molecular weight excluding hydrogens is 244 g/mol. The molecule has 2 aromatic rings. The van der Waals surface area contributed by atoms with Gasteiger partial charge >= 0.3 is 5.97 Å². The van der Waals surface area contributed by atoms with Gasteiger partial charge in [0.1, 0.15) is 0 Å². The Morgan fingerprint density at radius 2 is 1.61 bits per heavy atom. The molecule has 0 saturated heterocycles. The molecule has 0 spiro atoms. The van der Waals surface area contributed by atoms with E-state index in [1.165, 1.54) is 5.56 Å². The Bertz CT molecular complexity index is 523. The minimum Gasteiger partial charge on any atom is -0.478 e. The summed E-state index contributed by atoms with van der Waals surface area (Å²) in [6.45, 7) is 0. The van der Waals surface area contributed by atoms with Crippen LogP contribution in [0.2, 0.25) is 0 Å². The van der Waals surface area contributed by atoms with Gasteiger partial charge in [-0.3, -0.25) is 0 Å². The standard InChI is InChI=1S/C15H14O2S/c16-15(17)14-9-5-4-8-13(14)11-18-10-12-6-2-1-3-7-12/h1-9H,10-11H2,(H,16,17). The summed E-state index contributed by atoms with van der Waals surface area (Å²) in [4.78, 5) is 11.0. The van der Waals surface area contributed by atoms with E-state index in [9.17, 15) is 4.79 Å². The molecule has 0 amide bonds. The van der Waals surface area contributed by atoms with Gasteiger partial charge in [0.2, 0.25) is 0 Å². The van der Waals surface area contributed by atoms with Crippen molar-refractivity contribution in [2.75, 3.05) is 0 Å². The van der Waals surface area contributed by atoms with Gasteiger partial charge in [0.05, 0.1) is 5.56 Å². The number of hydrogen-bond donors (Lipinski definition) is 1. The summed E-state index contributed by atoms with van der Waals surface area (Å²) in [5.41, 5.74) is 2.54. The van der Waals surface area contributed by atoms with Gasteiger partial charge in [0, 0.05) is 11.5 Å². The fourth-order valence-electron chi connectivity index (χ4n) is 1.71. The molecule has 0 aromatic heterocycles. The minimum atomic E-state index is -0.856. The van der Waals surface area contributed by atoms with E-state index >= 15 is 0 Å². The van der Waals surface area contributed by atoms with Crippen LogP contribution < -0.4 is 0 Å². The fraction of sp³-hybridized carbons (Fsp3) is 0.133. The van der Waals surface area contributed by atoms with E-state index in [1.807, 2.05) is 30.3 Å². The van der Waals surface area contributed by atoms with Crippen molar-refractivity contribution >= 4 is 17.7 Å². The number of rotatable bonds is 5. The van der Waals surface area contributed by atoms with Crippen molar-refractivity contribution in [2.45, 2.75) is 11.5 Å². The molecule has 0 aliphatic heterocycles. The second kappa shape index (κ2) is 6.26. The summed E-state index contributed by atoms with van der Waals surface area (Å²) < 4.78 is 0. The first-order valence-corrected chi connectivity index (χ1v) is 6.85. The monoisotopic (exact) mass is 258 g/mol. The first-order valence-electron chi connectivity index (χ1n) is 5.70. The van der Waals surface area contributed by atoms with Crippen LogP contribution in [0.4, 0.5) is 0 Å². The molecule has 0 aliphatic rings. The van der Waals surface area contributed by atoms with Crippen LogP contribution in [0.1, 0.15) is 21.5 Å². The van der Waals surface area contributed by atoms with Crippen molar-refractivity contribution in [3.05, 3.63) is 71.3 Å². The van der Waals surface area contributed by atoms with Gasteiger partial charge in [-0.1, -0.05) is 48.5 Å². The number of thioether (sulfide) groups is 1. The van der Waals surface area contributed by atoms with Crippen LogP contribution in [0.3, 0.4) is 0 Å². The number of carboxylic acid groups (broad SMARTS) is 1. The van der Waals surface area contributed by atoms with Crippen LogP contribution >= 0.6 is 11.8 Å². The lowest BCUT2D eigenvalue weighted by Gasteiger charge is -2.05. The number of hydrogen-bond acceptors (Lipinski definition) is 2. The van der Waals surface area contributed by atoms with Crippen molar-refractivity contribution in [3.8, 4) is 0 Å². The fourth-order valence-corrected chi connectivity index (χ4v) is 2.71. The van der Waals surface area contributed by atoms with Crippen LogP contribution in [-0.2, 0) is 11.5 Å². The molecule has 0 fully saturated rings.